The van der Waals surface area contributed by atoms with Crippen molar-refractivity contribution in [2.45, 2.75) is 6.92 Å². The van der Waals surface area contributed by atoms with Crippen LogP contribution in [0, 0.1) is 6.92 Å². The van der Waals surface area contributed by atoms with E-state index in [4.69, 9.17) is 11.6 Å². The molecular formula is C19H15ClN6O. The summed E-state index contributed by atoms with van der Waals surface area (Å²) in [6, 6.07) is 18.4. The zero-order valence-corrected chi connectivity index (χ0v) is 15.1. The highest BCUT2D eigenvalue weighted by atomic mass is 35.5. The highest BCUT2D eigenvalue weighted by molar-refractivity contribution is 6.30. The predicted octanol–water partition coefficient (Wildman–Crippen LogP) is 3.67. The van der Waals surface area contributed by atoms with Crippen LogP contribution in [0.5, 0.6) is 0 Å². The third kappa shape index (κ3) is 3.58. The molecule has 4 aromatic rings. The Morgan fingerprint density at radius 2 is 1.78 bits per heavy atom. The zero-order valence-electron chi connectivity index (χ0n) is 14.4. The van der Waals surface area contributed by atoms with Gasteiger partial charge in [0.15, 0.2) is 5.69 Å². The van der Waals surface area contributed by atoms with Crippen molar-refractivity contribution >= 4 is 23.3 Å². The number of nitrogens with one attached hydrogen (secondary N) is 1. The molecule has 0 aliphatic heterocycles. The summed E-state index contributed by atoms with van der Waals surface area (Å²) >= 11 is 5.94. The number of aryl methyl sites for hydroxylation is 1. The number of anilines is 1. The second-order valence-electron chi connectivity index (χ2n) is 5.90. The lowest BCUT2D eigenvalue weighted by Gasteiger charge is -2.08. The first-order valence-electron chi connectivity index (χ1n) is 8.22. The van der Waals surface area contributed by atoms with Crippen LogP contribution in [0.3, 0.4) is 0 Å². The molecule has 0 unspecified atom stereocenters. The molecule has 0 radical (unpaired) electrons. The fourth-order valence-electron chi connectivity index (χ4n) is 2.62. The van der Waals surface area contributed by atoms with E-state index in [1.54, 1.807) is 33.8 Å². The standard InChI is InChI=1S/C19H15ClN6O/c1-13-11-18(26(23-13)16-9-7-14(20)8-10-16)21-19(27)17-12-25(24-22-17)15-5-3-2-4-6-15/h2-12H,1H3,(H,21,27). The van der Waals surface area contributed by atoms with Gasteiger partial charge in [-0.05, 0) is 43.3 Å². The minimum Gasteiger partial charge on any atom is -0.305 e. The molecule has 8 heteroatoms. The summed E-state index contributed by atoms with van der Waals surface area (Å²) < 4.78 is 3.20. The van der Waals surface area contributed by atoms with Crippen molar-refractivity contribution in [2.24, 2.45) is 0 Å². The van der Waals surface area contributed by atoms with Crippen molar-refractivity contribution in [1.29, 1.82) is 0 Å². The van der Waals surface area contributed by atoms with Crippen LogP contribution >= 0.6 is 11.6 Å². The first-order chi connectivity index (χ1) is 13.1. The van der Waals surface area contributed by atoms with E-state index >= 15 is 0 Å². The molecule has 1 amide bonds. The molecule has 7 nitrogen and oxygen atoms in total. The van der Waals surface area contributed by atoms with Crippen molar-refractivity contribution in [3.8, 4) is 11.4 Å². The number of halogens is 1. The van der Waals surface area contributed by atoms with Crippen LogP contribution in [0.15, 0.2) is 66.9 Å². The first kappa shape index (κ1) is 17.0. The SMILES string of the molecule is Cc1cc(NC(=O)c2cn(-c3ccccc3)nn2)n(-c2ccc(Cl)cc2)n1. The van der Waals surface area contributed by atoms with Gasteiger partial charge in [-0.15, -0.1) is 5.10 Å². The average Bonchev–Trinajstić information content (AvgIpc) is 3.30. The predicted molar refractivity (Wildman–Crippen MR) is 103 cm³/mol. The normalized spacial score (nSPS) is 10.7. The number of carbonyl (C=O) groups is 1. The Balaban J connectivity index is 1.59. The number of para-hydroxylation sites is 1. The highest BCUT2D eigenvalue weighted by Crippen LogP contribution is 2.19. The number of carbonyl (C=O) groups excluding carboxylic acids is 1. The van der Waals surface area contributed by atoms with Gasteiger partial charge in [-0.3, -0.25) is 4.79 Å². The maximum Gasteiger partial charge on any atom is 0.279 e. The summed E-state index contributed by atoms with van der Waals surface area (Å²) in [4.78, 5) is 12.6. The molecular weight excluding hydrogens is 364 g/mol. The van der Waals surface area contributed by atoms with Crippen molar-refractivity contribution in [3.05, 3.63) is 83.3 Å². The van der Waals surface area contributed by atoms with Crippen molar-refractivity contribution < 1.29 is 4.79 Å². The van der Waals surface area contributed by atoms with Crippen LogP contribution in [-0.4, -0.2) is 30.7 Å². The van der Waals surface area contributed by atoms with E-state index in [0.29, 0.717) is 10.8 Å². The molecule has 2 aromatic carbocycles. The van der Waals surface area contributed by atoms with E-state index in [0.717, 1.165) is 17.1 Å². The van der Waals surface area contributed by atoms with Gasteiger partial charge < -0.3 is 5.32 Å². The third-order valence-corrected chi connectivity index (χ3v) is 4.14. The quantitative estimate of drug-likeness (QED) is 0.587. The minimum absolute atomic E-state index is 0.209. The van der Waals surface area contributed by atoms with Crippen LogP contribution < -0.4 is 5.32 Å². The van der Waals surface area contributed by atoms with Gasteiger partial charge in [0.25, 0.3) is 5.91 Å². The van der Waals surface area contributed by atoms with Gasteiger partial charge in [0.1, 0.15) is 5.82 Å². The molecule has 0 spiro atoms. The van der Waals surface area contributed by atoms with E-state index < -0.39 is 0 Å². The Morgan fingerprint density at radius 1 is 1.04 bits per heavy atom. The van der Waals surface area contributed by atoms with E-state index in [9.17, 15) is 4.79 Å². The summed E-state index contributed by atoms with van der Waals surface area (Å²) in [6.07, 6.45) is 1.58. The average molecular weight is 379 g/mol. The topological polar surface area (TPSA) is 77.6 Å². The van der Waals surface area contributed by atoms with Gasteiger partial charge in [-0.25, -0.2) is 9.36 Å². The number of hydrogen-bond acceptors (Lipinski definition) is 4. The van der Waals surface area contributed by atoms with E-state index in [2.05, 4.69) is 20.7 Å². The lowest BCUT2D eigenvalue weighted by Crippen LogP contribution is -2.15. The number of aromatic nitrogens is 5. The number of hydrogen-bond donors (Lipinski definition) is 1. The summed E-state index contributed by atoms with van der Waals surface area (Å²) in [7, 11) is 0. The van der Waals surface area contributed by atoms with Gasteiger partial charge in [-0.1, -0.05) is 35.0 Å². The molecule has 0 atom stereocenters. The number of nitrogens with zero attached hydrogens (tertiary/aromatic N) is 5. The van der Waals surface area contributed by atoms with E-state index in [1.165, 1.54) is 0 Å². The van der Waals surface area contributed by atoms with Crippen LogP contribution in [0.25, 0.3) is 11.4 Å². The summed E-state index contributed by atoms with van der Waals surface area (Å²) in [5, 5.41) is 15.9. The Kier molecular flexibility index (Phi) is 4.43. The number of rotatable bonds is 4. The number of benzene rings is 2. The Morgan fingerprint density at radius 3 is 2.52 bits per heavy atom. The molecule has 0 aliphatic rings. The molecule has 0 bridgehead atoms. The molecule has 0 fully saturated rings. The van der Waals surface area contributed by atoms with Gasteiger partial charge in [0.05, 0.1) is 23.3 Å². The minimum atomic E-state index is -0.368. The smallest absolute Gasteiger partial charge is 0.279 e. The number of amides is 1. The van der Waals surface area contributed by atoms with E-state index in [-0.39, 0.29) is 11.6 Å². The monoisotopic (exact) mass is 378 g/mol. The second kappa shape index (κ2) is 7.05. The molecule has 2 aromatic heterocycles. The van der Waals surface area contributed by atoms with Crippen LogP contribution in [0.4, 0.5) is 5.82 Å². The highest BCUT2D eigenvalue weighted by Gasteiger charge is 2.15. The Labute approximate surface area is 160 Å². The fraction of sp³-hybridized carbons (Fsp3) is 0.0526. The van der Waals surface area contributed by atoms with Gasteiger partial charge in [0, 0.05) is 11.1 Å². The molecule has 0 aliphatic carbocycles. The fourth-order valence-corrected chi connectivity index (χ4v) is 2.75. The summed E-state index contributed by atoms with van der Waals surface area (Å²) in [5.41, 5.74) is 2.59. The summed E-state index contributed by atoms with van der Waals surface area (Å²) in [6.45, 7) is 1.85. The van der Waals surface area contributed by atoms with Gasteiger partial charge in [0.2, 0.25) is 0 Å². The largest absolute Gasteiger partial charge is 0.305 e. The molecule has 0 saturated carbocycles. The van der Waals surface area contributed by atoms with Crippen LogP contribution in [-0.2, 0) is 0 Å². The zero-order chi connectivity index (χ0) is 18.8. The molecule has 2 heterocycles. The van der Waals surface area contributed by atoms with Crippen molar-refractivity contribution in [1.82, 2.24) is 24.8 Å². The van der Waals surface area contributed by atoms with E-state index in [1.807, 2.05) is 49.4 Å². The Bertz CT molecular complexity index is 1090. The lowest BCUT2D eigenvalue weighted by atomic mass is 10.3. The molecule has 27 heavy (non-hydrogen) atoms. The third-order valence-electron chi connectivity index (χ3n) is 3.89. The van der Waals surface area contributed by atoms with Crippen molar-refractivity contribution in [3.63, 3.8) is 0 Å². The maximum atomic E-state index is 12.6. The molecule has 0 saturated heterocycles. The van der Waals surface area contributed by atoms with Crippen LogP contribution in [0.1, 0.15) is 16.2 Å². The van der Waals surface area contributed by atoms with Gasteiger partial charge in [-0.2, -0.15) is 5.10 Å². The van der Waals surface area contributed by atoms with Crippen LogP contribution in [0.2, 0.25) is 5.02 Å². The maximum absolute atomic E-state index is 12.6. The second-order valence-corrected chi connectivity index (χ2v) is 6.33. The lowest BCUT2D eigenvalue weighted by molar-refractivity contribution is 0.102. The first-order valence-corrected chi connectivity index (χ1v) is 8.60. The van der Waals surface area contributed by atoms with Crippen molar-refractivity contribution in [2.75, 3.05) is 5.32 Å². The van der Waals surface area contributed by atoms with Gasteiger partial charge >= 0.3 is 0 Å². The molecule has 134 valence electrons. The Hall–Kier alpha value is -3.45. The summed E-state index contributed by atoms with van der Waals surface area (Å²) in [5.74, 6) is 0.168. The molecule has 4 rings (SSSR count). The molecule has 1 N–H and O–H groups in total.